The number of sulfone groups is 1. The summed E-state index contributed by atoms with van der Waals surface area (Å²) in [5, 5.41) is 0. The van der Waals surface area contributed by atoms with Gasteiger partial charge in [-0.05, 0) is 24.9 Å². The Morgan fingerprint density at radius 2 is 2.07 bits per heavy atom. The molecule has 0 bridgehead atoms. The topological polar surface area (TPSA) is 63.6 Å². The molecule has 4 nitrogen and oxygen atoms in total. The molecule has 0 aliphatic rings. The third-order valence-corrected chi connectivity index (χ3v) is 2.83. The molecule has 0 radical (unpaired) electrons. The Morgan fingerprint density at radius 1 is 1.47 bits per heavy atom. The molecule has 0 saturated carbocycles. The smallest absolute Gasteiger partial charge is 0.267 e. The third-order valence-electron chi connectivity index (χ3n) is 1.72. The van der Waals surface area contributed by atoms with E-state index in [-0.39, 0.29) is 5.56 Å². The van der Waals surface area contributed by atoms with Gasteiger partial charge in [0.1, 0.15) is 10.7 Å². The molecular formula is C9H8FNO3S. The summed E-state index contributed by atoms with van der Waals surface area (Å²) in [5.74, 6) is -1.59. The summed E-state index contributed by atoms with van der Waals surface area (Å²) in [7, 11) is -3.69. The lowest BCUT2D eigenvalue weighted by molar-refractivity contribution is 0.100. The highest BCUT2D eigenvalue weighted by atomic mass is 32.2. The van der Waals surface area contributed by atoms with E-state index in [4.69, 9.17) is 0 Å². The number of carbonyl (C=O) groups is 1. The molecule has 0 aliphatic carbocycles. The molecule has 80 valence electrons. The molecule has 0 aromatic heterocycles. The second-order valence-electron chi connectivity index (χ2n) is 2.88. The Kier molecular flexibility index (Phi) is 2.99. The lowest BCUT2D eigenvalue weighted by Crippen LogP contribution is -2.04. The van der Waals surface area contributed by atoms with Crippen LogP contribution in [0.25, 0.3) is 0 Å². The van der Waals surface area contributed by atoms with Crippen LogP contribution in [0.2, 0.25) is 0 Å². The predicted molar refractivity (Wildman–Crippen MR) is 53.4 cm³/mol. The molecular weight excluding hydrogens is 221 g/mol. The van der Waals surface area contributed by atoms with Gasteiger partial charge in [-0.3, -0.25) is 4.79 Å². The summed E-state index contributed by atoms with van der Waals surface area (Å²) in [5.41, 5.74) is -0.00757. The standard InChI is InChI=1S/C9H8FNO3S/c1-11-9(12)6-3-4-7(10)8(5-6)15(2,13)14/h3-5H,1H2,2H3. The van der Waals surface area contributed by atoms with Gasteiger partial charge in [-0.1, -0.05) is 0 Å². The minimum Gasteiger partial charge on any atom is -0.267 e. The van der Waals surface area contributed by atoms with Crippen LogP contribution in [-0.2, 0) is 9.84 Å². The van der Waals surface area contributed by atoms with Gasteiger partial charge in [0.05, 0.1) is 0 Å². The molecule has 1 rings (SSSR count). The molecule has 6 heteroatoms. The van der Waals surface area contributed by atoms with Gasteiger partial charge in [0.15, 0.2) is 9.84 Å². The van der Waals surface area contributed by atoms with Crippen LogP contribution in [0.3, 0.4) is 0 Å². The highest BCUT2D eigenvalue weighted by Gasteiger charge is 2.16. The molecule has 1 amide bonds. The van der Waals surface area contributed by atoms with Gasteiger partial charge in [-0.25, -0.2) is 17.8 Å². The third kappa shape index (κ3) is 2.47. The summed E-state index contributed by atoms with van der Waals surface area (Å²) >= 11 is 0. The average Bonchev–Trinajstić information content (AvgIpc) is 2.15. The molecule has 1 aromatic carbocycles. The van der Waals surface area contributed by atoms with Crippen LogP contribution < -0.4 is 0 Å². The van der Waals surface area contributed by atoms with E-state index < -0.39 is 26.5 Å². The fraction of sp³-hybridized carbons (Fsp3) is 0.111. The minimum absolute atomic E-state index is 0.00757. The Bertz CT molecular complexity index is 522. The monoisotopic (exact) mass is 229 g/mol. The van der Waals surface area contributed by atoms with Crippen LogP contribution in [0, 0.1) is 5.82 Å². The molecule has 0 spiro atoms. The SMILES string of the molecule is C=NC(=O)c1ccc(F)c(S(C)(=O)=O)c1. The van der Waals surface area contributed by atoms with Crippen molar-refractivity contribution in [2.45, 2.75) is 4.90 Å². The Balaban J connectivity index is 3.42. The van der Waals surface area contributed by atoms with Crippen molar-refractivity contribution >= 4 is 22.5 Å². The van der Waals surface area contributed by atoms with Gasteiger partial charge >= 0.3 is 0 Å². The van der Waals surface area contributed by atoms with Crippen molar-refractivity contribution in [1.29, 1.82) is 0 Å². The van der Waals surface area contributed by atoms with Crippen molar-refractivity contribution < 1.29 is 17.6 Å². The molecule has 0 heterocycles. The van der Waals surface area contributed by atoms with Gasteiger partial charge in [0.2, 0.25) is 0 Å². The van der Waals surface area contributed by atoms with Crippen LogP contribution >= 0.6 is 0 Å². The Labute approximate surface area is 86.4 Å². The van der Waals surface area contributed by atoms with E-state index in [2.05, 4.69) is 11.7 Å². The lowest BCUT2D eigenvalue weighted by atomic mass is 10.2. The second-order valence-corrected chi connectivity index (χ2v) is 4.86. The molecule has 15 heavy (non-hydrogen) atoms. The summed E-state index contributed by atoms with van der Waals surface area (Å²) in [6, 6.07) is 3.01. The quantitative estimate of drug-likeness (QED) is 0.712. The van der Waals surface area contributed by atoms with Gasteiger partial charge in [0.25, 0.3) is 5.91 Å². The lowest BCUT2D eigenvalue weighted by Gasteiger charge is -2.01. The van der Waals surface area contributed by atoms with Gasteiger partial charge in [-0.15, -0.1) is 0 Å². The fourth-order valence-electron chi connectivity index (χ4n) is 1.01. The van der Waals surface area contributed by atoms with Crippen LogP contribution in [0.4, 0.5) is 4.39 Å². The van der Waals surface area contributed by atoms with E-state index >= 15 is 0 Å². The highest BCUT2D eigenvalue weighted by molar-refractivity contribution is 7.90. The van der Waals surface area contributed by atoms with Crippen molar-refractivity contribution in [2.75, 3.05) is 6.26 Å². The predicted octanol–water partition coefficient (Wildman–Crippen LogP) is 1.07. The maximum atomic E-state index is 13.1. The molecule has 0 fully saturated rings. The van der Waals surface area contributed by atoms with Crippen LogP contribution in [-0.4, -0.2) is 27.3 Å². The maximum Gasteiger partial charge on any atom is 0.276 e. The maximum absolute atomic E-state index is 13.1. The summed E-state index contributed by atoms with van der Waals surface area (Å²) in [4.78, 5) is 13.6. The number of aliphatic imine (C=N–C) groups is 1. The molecule has 0 unspecified atom stereocenters. The zero-order chi connectivity index (χ0) is 11.6. The van der Waals surface area contributed by atoms with Gasteiger partial charge in [0, 0.05) is 11.8 Å². The number of hydrogen-bond acceptors (Lipinski definition) is 3. The largest absolute Gasteiger partial charge is 0.276 e. The van der Waals surface area contributed by atoms with E-state index in [0.717, 1.165) is 24.5 Å². The van der Waals surface area contributed by atoms with Crippen LogP contribution in [0.1, 0.15) is 10.4 Å². The van der Waals surface area contributed by atoms with E-state index in [1.807, 2.05) is 0 Å². The Hall–Kier alpha value is -1.56. The van der Waals surface area contributed by atoms with Crippen molar-refractivity contribution in [3.8, 4) is 0 Å². The van der Waals surface area contributed by atoms with E-state index in [9.17, 15) is 17.6 Å². The summed E-state index contributed by atoms with van der Waals surface area (Å²) in [6.07, 6.45) is 0.862. The number of nitrogens with zero attached hydrogens (tertiary/aromatic N) is 1. The zero-order valence-electron chi connectivity index (χ0n) is 7.90. The normalized spacial score (nSPS) is 11.1. The van der Waals surface area contributed by atoms with Gasteiger partial charge in [-0.2, -0.15) is 0 Å². The van der Waals surface area contributed by atoms with Crippen molar-refractivity contribution in [3.05, 3.63) is 29.6 Å². The number of rotatable bonds is 2. The summed E-state index contributed by atoms with van der Waals surface area (Å²) in [6.45, 7) is 3.01. The molecule has 0 N–H and O–H groups in total. The number of benzene rings is 1. The number of carbonyl (C=O) groups excluding carboxylic acids is 1. The first-order valence-corrected chi connectivity index (χ1v) is 5.76. The number of amides is 1. The first-order valence-electron chi connectivity index (χ1n) is 3.87. The first-order chi connectivity index (χ1) is 6.86. The zero-order valence-corrected chi connectivity index (χ0v) is 8.71. The van der Waals surface area contributed by atoms with Gasteiger partial charge < -0.3 is 0 Å². The highest BCUT2D eigenvalue weighted by Crippen LogP contribution is 2.16. The molecule has 0 aliphatic heterocycles. The average molecular weight is 229 g/mol. The van der Waals surface area contributed by atoms with Crippen LogP contribution in [0.5, 0.6) is 0 Å². The van der Waals surface area contributed by atoms with Crippen molar-refractivity contribution in [2.24, 2.45) is 4.99 Å². The molecule has 0 saturated heterocycles. The molecule has 0 atom stereocenters. The van der Waals surface area contributed by atoms with E-state index in [1.54, 1.807) is 0 Å². The second kappa shape index (κ2) is 3.90. The van der Waals surface area contributed by atoms with Crippen molar-refractivity contribution in [3.63, 3.8) is 0 Å². The van der Waals surface area contributed by atoms with E-state index in [0.29, 0.717) is 0 Å². The Morgan fingerprint density at radius 3 is 2.53 bits per heavy atom. The summed E-state index contributed by atoms with van der Waals surface area (Å²) < 4.78 is 35.3. The van der Waals surface area contributed by atoms with Crippen LogP contribution in [0.15, 0.2) is 28.1 Å². The number of halogens is 1. The first kappa shape index (κ1) is 11.5. The molecule has 1 aromatic rings. The minimum atomic E-state index is -3.69. The fourth-order valence-corrected chi connectivity index (χ4v) is 1.78. The number of hydrogen-bond donors (Lipinski definition) is 0. The van der Waals surface area contributed by atoms with Crippen molar-refractivity contribution in [1.82, 2.24) is 0 Å². The van der Waals surface area contributed by atoms with E-state index in [1.165, 1.54) is 0 Å².